The van der Waals surface area contributed by atoms with Crippen LogP contribution in [-0.2, 0) is 11.2 Å². The minimum Gasteiger partial charge on any atom is -0.497 e. The van der Waals surface area contributed by atoms with Gasteiger partial charge in [0.15, 0.2) is 0 Å². The van der Waals surface area contributed by atoms with Crippen molar-refractivity contribution < 1.29 is 14.1 Å². The predicted molar refractivity (Wildman–Crippen MR) is 137 cm³/mol. The summed E-state index contributed by atoms with van der Waals surface area (Å²) in [5, 5.41) is 10.4. The third kappa shape index (κ3) is 5.27. The highest BCUT2D eigenvalue weighted by molar-refractivity contribution is 7.10. The lowest BCUT2D eigenvalue weighted by Crippen LogP contribution is -2.28. The van der Waals surface area contributed by atoms with Gasteiger partial charge in [0, 0.05) is 52.8 Å². The van der Waals surface area contributed by atoms with Gasteiger partial charge in [0.1, 0.15) is 5.75 Å². The Morgan fingerprint density at radius 3 is 2.80 bits per heavy atom. The number of amides is 1. The lowest BCUT2D eigenvalue weighted by atomic mass is 9.96. The second kappa shape index (κ2) is 10.6. The lowest BCUT2D eigenvalue weighted by molar-refractivity contribution is -0.121. The second-order valence-corrected chi connectivity index (χ2v) is 9.23. The van der Waals surface area contributed by atoms with Crippen molar-refractivity contribution in [3.63, 3.8) is 0 Å². The molecule has 35 heavy (non-hydrogen) atoms. The highest BCUT2D eigenvalue weighted by Gasteiger charge is 2.20. The molecule has 0 aliphatic heterocycles. The summed E-state index contributed by atoms with van der Waals surface area (Å²) in [6.45, 7) is 0.545. The molecule has 0 spiro atoms. The molecular weight excluding hydrogens is 460 g/mol. The van der Waals surface area contributed by atoms with Crippen LogP contribution in [0, 0.1) is 0 Å². The van der Waals surface area contributed by atoms with Crippen LogP contribution in [0.25, 0.3) is 22.3 Å². The number of nitrogens with one attached hydrogen (secondary N) is 2. The van der Waals surface area contributed by atoms with E-state index < -0.39 is 0 Å². The summed E-state index contributed by atoms with van der Waals surface area (Å²) in [5.41, 5.74) is 3.15. The molecule has 0 aliphatic rings. The molecule has 178 valence electrons. The van der Waals surface area contributed by atoms with E-state index in [0.29, 0.717) is 37.5 Å². The Kier molecular flexibility index (Phi) is 6.90. The minimum absolute atomic E-state index is 0.0151. The van der Waals surface area contributed by atoms with Gasteiger partial charge in [-0.3, -0.25) is 4.79 Å². The molecule has 0 saturated heterocycles. The highest BCUT2D eigenvalue weighted by atomic mass is 32.1. The Labute approximate surface area is 207 Å². The number of hydrogen-bond acceptors (Lipinski definition) is 6. The molecule has 0 saturated carbocycles. The number of methoxy groups -OCH3 is 1. The Morgan fingerprint density at radius 2 is 2.00 bits per heavy atom. The minimum atomic E-state index is 0.0151. The van der Waals surface area contributed by atoms with E-state index in [0.717, 1.165) is 16.8 Å². The normalized spacial score (nSPS) is 12.0. The van der Waals surface area contributed by atoms with Gasteiger partial charge in [-0.25, -0.2) is 0 Å². The topological polar surface area (TPSA) is 93.0 Å². The van der Waals surface area contributed by atoms with Gasteiger partial charge in [0.2, 0.25) is 17.6 Å². The van der Waals surface area contributed by atoms with E-state index in [-0.39, 0.29) is 11.8 Å². The molecule has 5 aromatic rings. The Balaban J connectivity index is 1.16. The molecule has 0 radical (unpaired) electrons. The number of carbonyl (C=O) groups excluding carboxylic acids is 1. The molecule has 0 bridgehead atoms. The molecule has 1 amide bonds. The van der Waals surface area contributed by atoms with Crippen molar-refractivity contribution >= 4 is 28.1 Å². The molecule has 5 rings (SSSR count). The molecule has 8 heteroatoms. The average Bonchev–Trinajstić information content (AvgIpc) is 3.66. The number of hydrogen-bond donors (Lipinski definition) is 2. The number of fused-ring (bicyclic) bond motifs is 1. The van der Waals surface area contributed by atoms with Crippen molar-refractivity contribution in [1.82, 2.24) is 20.4 Å². The zero-order valence-electron chi connectivity index (χ0n) is 19.4. The number of H-pyrrole nitrogens is 1. The van der Waals surface area contributed by atoms with Crippen LogP contribution < -0.4 is 10.1 Å². The number of thiophene rings is 1. The second-order valence-electron chi connectivity index (χ2n) is 8.26. The van der Waals surface area contributed by atoms with Gasteiger partial charge in [-0.05, 0) is 53.8 Å². The molecule has 2 aromatic carbocycles. The van der Waals surface area contributed by atoms with Gasteiger partial charge >= 0.3 is 0 Å². The molecule has 0 fully saturated rings. The van der Waals surface area contributed by atoms with Crippen LogP contribution in [0.2, 0.25) is 0 Å². The van der Waals surface area contributed by atoms with Crippen LogP contribution in [0.5, 0.6) is 5.75 Å². The summed E-state index contributed by atoms with van der Waals surface area (Å²) in [6.07, 6.45) is 3.63. The van der Waals surface area contributed by atoms with E-state index in [1.165, 1.54) is 15.8 Å². The zero-order valence-corrected chi connectivity index (χ0v) is 20.2. The van der Waals surface area contributed by atoms with E-state index in [2.05, 4.69) is 50.2 Å². The highest BCUT2D eigenvalue weighted by Crippen LogP contribution is 2.32. The summed E-state index contributed by atoms with van der Waals surface area (Å²) in [4.78, 5) is 21.7. The third-order valence-corrected chi connectivity index (χ3v) is 6.98. The summed E-state index contributed by atoms with van der Waals surface area (Å²) < 4.78 is 10.5. The first-order chi connectivity index (χ1) is 17.2. The fourth-order valence-electron chi connectivity index (χ4n) is 4.15. The quantitative estimate of drug-likeness (QED) is 0.270. The van der Waals surface area contributed by atoms with Crippen LogP contribution in [0.15, 0.2) is 76.8 Å². The number of aromatic amines is 1. The largest absolute Gasteiger partial charge is 0.497 e. The fraction of sp³-hybridized carbons (Fsp3) is 0.222. The van der Waals surface area contributed by atoms with Crippen molar-refractivity contribution in [1.29, 1.82) is 0 Å². The van der Waals surface area contributed by atoms with Crippen molar-refractivity contribution in [2.75, 3.05) is 13.7 Å². The number of ether oxygens (including phenoxy) is 1. The third-order valence-electron chi connectivity index (χ3n) is 6.00. The number of rotatable bonds is 10. The first-order valence-corrected chi connectivity index (χ1v) is 12.4. The maximum atomic E-state index is 12.6. The van der Waals surface area contributed by atoms with E-state index in [1.54, 1.807) is 18.4 Å². The molecule has 3 heterocycles. The van der Waals surface area contributed by atoms with E-state index in [4.69, 9.17) is 9.26 Å². The predicted octanol–water partition coefficient (Wildman–Crippen LogP) is 5.56. The van der Waals surface area contributed by atoms with E-state index in [9.17, 15) is 4.79 Å². The number of para-hydroxylation sites is 1. The summed E-state index contributed by atoms with van der Waals surface area (Å²) in [6, 6.07) is 19.9. The van der Waals surface area contributed by atoms with E-state index in [1.807, 2.05) is 42.5 Å². The Morgan fingerprint density at radius 1 is 1.14 bits per heavy atom. The molecule has 7 nitrogen and oxygen atoms in total. The standard InChI is InChI=1S/C27H26N4O3S/c1-33-19-13-11-18(12-14-19)27-30-26(34-31-27)10-4-9-25(32)29-17-22(24-8-5-15-35-24)21-16-28-23-7-3-2-6-20(21)23/h2-3,5-8,11-16,22,28H,4,9-10,17H2,1H3,(H,29,32). The van der Waals surface area contributed by atoms with Crippen LogP contribution >= 0.6 is 11.3 Å². The number of benzene rings is 2. The molecular formula is C27H26N4O3S. The maximum Gasteiger partial charge on any atom is 0.226 e. The fourth-order valence-corrected chi connectivity index (χ4v) is 5.00. The van der Waals surface area contributed by atoms with Crippen molar-refractivity contribution in [2.45, 2.75) is 25.2 Å². The lowest BCUT2D eigenvalue weighted by Gasteiger charge is -2.16. The van der Waals surface area contributed by atoms with Crippen molar-refractivity contribution in [3.05, 3.63) is 88.6 Å². The van der Waals surface area contributed by atoms with Gasteiger partial charge in [-0.1, -0.05) is 29.4 Å². The van der Waals surface area contributed by atoms with Gasteiger partial charge in [-0.15, -0.1) is 11.3 Å². The summed E-state index contributed by atoms with van der Waals surface area (Å²) >= 11 is 1.71. The first-order valence-electron chi connectivity index (χ1n) is 11.5. The molecule has 1 unspecified atom stereocenters. The molecule has 3 aromatic heterocycles. The summed E-state index contributed by atoms with van der Waals surface area (Å²) in [7, 11) is 1.63. The Bertz CT molecular complexity index is 1390. The summed E-state index contributed by atoms with van der Waals surface area (Å²) in [5.74, 6) is 1.94. The van der Waals surface area contributed by atoms with E-state index >= 15 is 0 Å². The van der Waals surface area contributed by atoms with Crippen LogP contribution in [0.1, 0.15) is 35.1 Å². The van der Waals surface area contributed by atoms with Gasteiger partial charge < -0.3 is 19.6 Å². The number of nitrogens with zero attached hydrogens (tertiary/aromatic N) is 2. The van der Waals surface area contributed by atoms with Gasteiger partial charge in [-0.2, -0.15) is 4.98 Å². The van der Waals surface area contributed by atoms with Gasteiger partial charge in [0.05, 0.1) is 7.11 Å². The van der Waals surface area contributed by atoms with Crippen molar-refractivity contribution in [2.24, 2.45) is 0 Å². The Hall–Kier alpha value is -3.91. The maximum absolute atomic E-state index is 12.6. The van der Waals surface area contributed by atoms with Crippen LogP contribution in [0.4, 0.5) is 0 Å². The smallest absolute Gasteiger partial charge is 0.226 e. The monoisotopic (exact) mass is 486 g/mol. The first kappa shape index (κ1) is 22.9. The van der Waals surface area contributed by atoms with Gasteiger partial charge in [0.25, 0.3) is 0 Å². The molecule has 0 aliphatic carbocycles. The van der Waals surface area contributed by atoms with Crippen LogP contribution in [-0.4, -0.2) is 34.7 Å². The zero-order chi connectivity index (χ0) is 24.0. The average molecular weight is 487 g/mol. The molecule has 2 N–H and O–H groups in total. The number of aromatic nitrogens is 3. The molecule has 1 atom stereocenters. The SMILES string of the molecule is COc1ccc(-c2noc(CCCC(=O)NCC(c3cccs3)c3c[nH]c4ccccc34)n2)cc1. The van der Waals surface area contributed by atoms with Crippen LogP contribution in [0.3, 0.4) is 0 Å². The van der Waals surface area contributed by atoms with Crippen molar-refractivity contribution in [3.8, 4) is 17.1 Å². The number of aryl methyl sites for hydroxylation is 1. The number of carbonyl (C=O) groups is 1.